The van der Waals surface area contributed by atoms with Crippen molar-refractivity contribution in [2.75, 3.05) is 26.7 Å². The Labute approximate surface area is 142 Å². The van der Waals surface area contributed by atoms with Gasteiger partial charge in [-0.15, -0.1) is 0 Å². The Kier molecular flexibility index (Phi) is 5.15. The number of ether oxygens (including phenoxy) is 1. The molecule has 1 atom stereocenters. The lowest BCUT2D eigenvalue weighted by Crippen LogP contribution is -2.43. The third kappa shape index (κ3) is 3.94. The number of aromatic nitrogens is 2. The Hall–Kier alpha value is -2.34. The molecule has 1 aromatic heterocycles. The number of amides is 1. The fraction of sp³-hybridized carbons (Fsp3) is 0.444. The third-order valence-electron chi connectivity index (χ3n) is 4.23. The number of rotatable bonds is 6. The predicted molar refractivity (Wildman–Crippen MR) is 91.6 cm³/mol. The van der Waals surface area contributed by atoms with Crippen molar-refractivity contribution in [1.29, 1.82) is 0 Å². The van der Waals surface area contributed by atoms with E-state index in [9.17, 15) is 4.79 Å². The van der Waals surface area contributed by atoms with Gasteiger partial charge in [0.2, 0.25) is 5.91 Å². The maximum absolute atomic E-state index is 12.2. The zero-order valence-corrected chi connectivity index (χ0v) is 14.2. The van der Waals surface area contributed by atoms with Gasteiger partial charge in [-0.3, -0.25) is 9.48 Å². The lowest BCUT2D eigenvalue weighted by molar-refractivity contribution is -0.132. The molecule has 24 heavy (non-hydrogen) atoms. The van der Waals surface area contributed by atoms with E-state index in [0.717, 1.165) is 36.3 Å². The van der Waals surface area contributed by atoms with Gasteiger partial charge in [0, 0.05) is 25.9 Å². The number of nitrogens with zero attached hydrogens (tertiary/aromatic N) is 3. The van der Waals surface area contributed by atoms with E-state index in [0.29, 0.717) is 13.2 Å². The van der Waals surface area contributed by atoms with Gasteiger partial charge in [0.05, 0.1) is 18.8 Å². The van der Waals surface area contributed by atoms with Gasteiger partial charge in [0.25, 0.3) is 0 Å². The van der Waals surface area contributed by atoms with E-state index in [1.807, 2.05) is 38.6 Å². The average Bonchev–Trinajstić information content (AvgIpc) is 3.26. The van der Waals surface area contributed by atoms with Crippen LogP contribution in [0.4, 0.5) is 0 Å². The molecule has 1 aromatic carbocycles. The van der Waals surface area contributed by atoms with Crippen LogP contribution in [0.15, 0.2) is 30.6 Å². The fourth-order valence-electron chi connectivity index (χ4n) is 2.84. The number of hydrogen-bond acceptors (Lipinski definition) is 4. The second-order valence-electron chi connectivity index (χ2n) is 6.12. The minimum absolute atomic E-state index is 0.0303. The van der Waals surface area contributed by atoms with Gasteiger partial charge >= 0.3 is 0 Å². The molecule has 3 rings (SSSR count). The number of likely N-dealkylation sites (N-methyl/N-ethyl adjacent to an activating group) is 1. The molecule has 2 heterocycles. The van der Waals surface area contributed by atoms with E-state index >= 15 is 0 Å². The molecule has 1 saturated heterocycles. The van der Waals surface area contributed by atoms with Crippen molar-refractivity contribution in [1.82, 2.24) is 20.0 Å². The molecule has 0 aliphatic carbocycles. The quantitative estimate of drug-likeness (QED) is 0.873. The Bertz CT molecular complexity index is 692. The van der Waals surface area contributed by atoms with Crippen molar-refractivity contribution in [2.24, 2.45) is 7.05 Å². The number of carbonyl (C=O) groups excluding carboxylic acids is 1. The van der Waals surface area contributed by atoms with Gasteiger partial charge in [-0.05, 0) is 49.2 Å². The molecule has 2 aromatic rings. The van der Waals surface area contributed by atoms with Crippen LogP contribution in [0.5, 0.6) is 5.75 Å². The number of nitrogens with one attached hydrogen (secondary N) is 1. The molecule has 0 saturated carbocycles. The smallest absolute Gasteiger partial charge is 0.239 e. The van der Waals surface area contributed by atoms with Crippen LogP contribution in [-0.4, -0.2) is 53.4 Å². The van der Waals surface area contributed by atoms with Gasteiger partial charge in [-0.2, -0.15) is 5.10 Å². The molecule has 1 radical (unpaired) electrons. The molecular weight excluding hydrogens is 304 g/mol. The highest BCUT2D eigenvalue weighted by molar-refractivity contribution is 5.81. The molecule has 1 aliphatic rings. The third-order valence-corrected chi connectivity index (χ3v) is 4.23. The minimum Gasteiger partial charge on any atom is -0.492 e. The number of hydrogen-bond donors (Lipinski definition) is 1. The van der Waals surface area contributed by atoms with Crippen LogP contribution >= 0.6 is 0 Å². The summed E-state index contributed by atoms with van der Waals surface area (Å²) in [5.74, 6) is 0.892. The van der Waals surface area contributed by atoms with E-state index in [1.165, 1.54) is 0 Å². The summed E-state index contributed by atoms with van der Waals surface area (Å²) in [7, 11) is 3.71. The van der Waals surface area contributed by atoms with Crippen LogP contribution in [0, 0.1) is 6.07 Å². The van der Waals surface area contributed by atoms with E-state index in [-0.39, 0.29) is 11.9 Å². The van der Waals surface area contributed by atoms with Crippen LogP contribution in [0.3, 0.4) is 0 Å². The van der Waals surface area contributed by atoms with Crippen molar-refractivity contribution in [3.05, 3.63) is 36.7 Å². The summed E-state index contributed by atoms with van der Waals surface area (Å²) < 4.78 is 7.55. The Balaban J connectivity index is 1.52. The van der Waals surface area contributed by atoms with Gasteiger partial charge in [0.1, 0.15) is 12.4 Å². The van der Waals surface area contributed by atoms with Crippen molar-refractivity contribution >= 4 is 5.91 Å². The van der Waals surface area contributed by atoms with Crippen molar-refractivity contribution in [2.45, 2.75) is 18.9 Å². The SMILES string of the molecule is CN(CCOc1c[c]cc(-c2cnn(C)c2)c1)C(=O)C1CCCN1. The molecule has 0 bridgehead atoms. The molecule has 1 amide bonds. The summed E-state index contributed by atoms with van der Waals surface area (Å²) in [4.78, 5) is 14.0. The lowest BCUT2D eigenvalue weighted by atomic mass is 10.1. The average molecular weight is 327 g/mol. The molecule has 0 spiro atoms. The van der Waals surface area contributed by atoms with Gasteiger partial charge in [-0.25, -0.2) is 0 Å². The molecule has 6 nitrogen and oxygen atoms in total. The van der Waals surface area contributed by atoms with Gasteiger partial charge in [-0.1, -0.05) is 0 Å². The largest absolute Gasteiger partial charge is 0.492 e. The molecular formula is C18H23N4O2. The lowest BCUT2D eigenvalue weighted by Gasteiger charge is -2.21. The summed E-state index contributed by atoms with van der Waals surface area (Å²) in [6, 6.07) is 8.74. The maximum atomic E-state index is 12.2. The zero-order chi connectivity index (χ0) is 16.9. The van der Waals surface area contributed by atoms with Crippen LogP contribution < -0.4 is 10.1 Å². The summed E-state index contributed by atoms with van der Waals surface area (Å²) >= 11 is 0. The van der Waals surface area contributed by atoms with Crippen LogP contribution in [0.2, 0.25) is 0 Å². The van der Waals surface area contributed by atoms with E-state index in [1.54, 1.807) is 15.6 Å². The standard InChI is InChI=1S/C18H23N4O2/c1-21(18(23)17-7-4-8-19-17)9-10-24-16-6-3-5-14(11-16)15-12-20-22(2)13-15/h5-6,11-13,17,19H,4,7-10H2,1-2H3. The van der Waals surface area contributed by atoms with Gasteiger partial charge < -0.3 is 15.0 Å². The van der Waals surface area contributed by atoms with Crippen LogP contribution in [-0.2, 0) is 11.8 Å². The van der Waals surface area contributed by atoms with Crippen LogP contribution in [0.1, 0.15) is 12.8 Å². The molecule has 127 valence electrons. The highest BCUT2D eigenvalue weighted by Gasteiger charge is 2.24. The maximum Gasteiger partial charge on any atom is 0.239 e. The fourth-order valence-corrected chi connectivity index (χ4v) is 2.84. The Morgan fingerprint density at radius 3 is 3.08 bits per heavy atom. The van der Waals surface area contributed by atoms with Crippen molar-refractivity contribution in [3.8, 4) is 16.9 Å². The molecule has 1 N–H and O–H groups in total. The first-order valence-electron chi connectivity index (χ1n) is 8.25. The van der Waals surface area contributed by atoms with E-state index in [4.69, 9.17) is 4.74 Å². The Morgan fingerprint density at radius 1 is 1.50 bits per heavy atom. The van der Waals surface area contributed by atoms with Gasteiger partial charge in [0.15, 0.2) is 0 Å². The van der Waals surface area contributed by atoms with E-state index in [2.05, 4.69) is 16.5 Å². The highest BCUT2D eigenvalue weighted by atomic mass is 16.5. The van der Waals surface area contributed by atoms with Crippen LogP contribution in [0.25, 0.3) is 11.1 Å². The Morgan fingerprint density at radius 2 is 2.38 bits per heavy atom. The zero-order valence-electron chi connectivity index (χ0n) is 14.2. The molecule has 1 unspecified atom stereocenters. The predicted octanol–water partition coefficient (Wildman–Crippen LogP) is 1.48. The highest BCUT2D eigenvalue weighted by Crippen LogP contribution is 2.22. The normalized spacial score (nSPS) is 17.0. The second kappa shape index (κ2) is 7.49. The first-order valence-corrected chi connectivity index (χ1v) is 8.25. The van der Waals surface area contributed by atoms with E-state index < -0.39 is 0 Å². The minimum atomic E-state index is -0.0303. The second-order valence-corrected chi connectivity index (χ2v) is 6.12. The molecule has 1 aliphatic heterocycles. The summed E-state index contributed by atoms with van der Waals surface area (Å²) in [6.07, 6.45) is 5.76. The topological polar surface area (TPSA) is 59.4 Å². The number of carbonyl (C=O) groups is 1. The summed E-state index contributed by atoms with van der Waals surface area (Å²) in [6.45, 7) is 1.95. The number of benzene rings is 1. The first kappa shape index (κ1) is 16.5. The summed E-state index contributed by atoms with van der Waals surface area (Å²) in [5.41, 5.74) is 2.04. The van der Waals surface area contributed by atoms with Crippen molar-refractivity contribution < 1.29 is 9.53 Å². The van der Waals surface area contributed by atoms with Crippen molar-refractivity contribution in [3.63, 3.8) is 0 Å². The summed E-state index contributed by atoms with van der Waals surface area (Å²) in [5, 5.41) is 7.41. The molecule has 6 heteroatoms. The number of aryl methyl sites for hydroxylation is 1. The molecule has 1 fully saturated rings. The monoisotopic (exact) mass is 327 g/mol. The first-order chi connectivity index (χ1) is 11.6.